The first-order valence-electron chi connectivity index (χ1n) is 9.03. The van der Waals surface area contributed by atoms with Crippen molar-refractivity contribution in [3.8, 4) is 0 Å². The van der Waals surface area contributed by atoms with Crippen LogP contribution >= 0.6 is 0 Å². The predicted octanol–water partition coefficient (Wildman–Crippen LogP) is 2.34. The number of ether oxygens (including phenoxy) is 1. The van der Waals surface area contributed by atoms with Crippen LogP contribution in [0.3, 0.4) is 0 Å². The smallest absolute Gasteiger partial charge is 0.411 e. The highest BCUT2D eigenvalue weighted by Crippen LogP contribution is 2.24. The van der Waals surface area contributed by atoms with Crippen molar-refractivity contribution in [3.63, 3.8) is 0 Å². The summed E-state index contributed by atoms with van der Waals surface area (Å²) in [5.41, 5.74) is 2.74. The lowest BCUT2D eigenvalue weighted by Gasteiger charge is -2.35. The molecule has 2 amide bonds. The molecular weight excluding hydrogens is 360 g/mol. The van der Waals surface area contributed by atoms with E-state index >= 15 is 0 Å². The molecule has 1 aliphatic heterocycles. The molecule has 1 heterocycles. The fourth-order valence-corrected chi connectivity index (χ4v) is 3.12. The highest BCUT2D eigenvalue weighted by atomic mass is 16.6. The van der Waals surface area contributed by atoms with Gasteiger partial charge in [-0.15, -0.1) is 0 Å². The molecule has 1 aliphatic rings. The summed E-state index contributed by atoms with van der Waals surface area (Å²) in [7, 11) is 0. The summed E-state index contributed by atoms with van der Waals surface area (Å²) >= 11 is 0. The SMILES string of the molecule is C[C@@H](NC(=O)[C@@H]1Cc2ccccc2CN1C(=O)OCc1ccccc1)C(=O)O. The zero-order chi connectivity index (χ0) is 20.1. The lowest BCUT2D eigenvalue weighted by Crippen LogP contribution is -2.55. The second-order valence-electron chi connectivity index (χ2n) is 6.73. The Morgan fingerprint density at radius 3 is 2.43 bits per heavy atom. The molecule has 3 rings (SSSR count). The molecule has 146 valence electrons. The van der Waals surface area contributed by atoms with E-state index in [1.165, 1.54) is 11.8 Å². The minimum atomic E-state index is -1.14. The Hall–Kier alpha value is -3.35. The molecule has 0 aliphatic carbocycles. The van der Waals surface area contributed by atoms with Crippen molar-refractivity contribution in [1.29, 1.82) is 0 Å². The number of nitrogens with one attached hydrogen (secondary N) is 1. The third-order valence-corrected chi connectivity index (χ3v) is 4.72. The van der Waals surface area contributed by atoms with Gasteiger partial charge in [0.15, 0.2) is 0 Å². The number of carbonyl (C=O) groups is 3. The summed E-state index contributed by atoms with van der Waals surface area (Å²) in [6.07, 6.45) is -0.309. The number of fused-ring (bicyclic) bond motifs is 1. The average molecular weight is 382 g/mol. The van der Waals surface area contributed by atoms with Crippen LogP contribution in [-0.2, 0) is 33.9 Å². The molecule has 2 aromatic carbocycles. The van der Waals surface area contributed by atoms with Crippen LogP contribution in [0.5, 0.6) is 0 Å². The topological polar surface area (TPSA) is 95.9 Å². The standard InChI is InChI=1S/C21H22N2O5/c1-14(20(25)26)22-19(24)18-11-16-9-5-6-10-17(16)12-23(18)21(27)28-13-15-7-3-2-4-8-15/h2-10,14,18H,11-13H2,1H3,(H,22,24)(H,25,26)/t14-,18+/m1/s1. The highest BCUT2D eigenvalue weighted by Gasteiger charge is 2.36. The number of aliphatic carboxylic acids is 1. The van der Waals surface area contributed by atoms with Gasteiger partial charge in [0.05, 0.1) is 6.54 Å². The average Bonchev–Trinajstić information content (AvgIpc) is 2.71. The number of nitrogens with zero attached hydrogens (tertiary/aromatic N) is 1. The Kier molecular flexibility index (Phi) is 5.93. The van der Waals surface area contributed by atoms with E-state index in [0.717, 1.165) is 16.7 Å². The van der Waals surface area contributed by atoms with Crippen molar-refractivity contribution >= 4 is 18.0 Å². The van der Waals surface area contributed by atoms with Crippen molar-refractivity contribution in [3.05, 3.63) is 71.3 Å². The molecule has 2 N–H and O–H groups in total. The van der Waals surface area contributed by atoms with Gasteiger partial charge in [0, 0.05) is 6.42 Å². The van der Waals surface area contributed by atoms with E-state index in [-0.39, 0.29) is 13.2 Å². The van der Waals surface area contributed by atoms with Gasteiger partial charge in [-0.2, -0.15) is 0 Å². The van der Waals surface area contributed by atoms with E-state index in [0.29, 0.717) is 6.42 Å². The molecule has 0 unspecified atom stereocenters. The summed E-state index contributed by atoms with van der Waals surface area (Å²) < 4.78 is 5.41. The van der Waals surface area contributed by atoms with Gasteiger partial charge in [-0.05, 0) is 23.6 Å². The monoisotopic (exact) mass is 382 g/mol. The number of benzene rings is 2. The molecule has 0 spiro atoms. The maximum atomic E-state index is 12.7. The zero-order valence-corrected chi connectivity index (χ0v) is 15.5. The molecule has 28 heavy (non-hydrogen) atoms. The van der Waals surface area contributed by atoms with Crippen LogP contribution in [0.1, 0.15) is 23.6 Å². The second kappa shape index (κ2) is 8.56. The van der Waals surface area contributed by atoms with Gasteiger partial charge in [0.1, 0.15) is 18.7 Å². The molecular formula is C21H22N2O5. The van der Waals surface area contributed by atoms with E-state index in [9.17, 15) is 14.4 Å². The molecule has 0 saturated heterocycles. The molecule has 0 saturated carbocycles. The Morgan fingerprint density at radius 1 is 1.11 bits per heavy atom. The first-order chi connectivity index (χ1) is 13.5. The summed E-state index contributed by atoms with van der Waals surface area (Å²) in [6, 6.07) is 14.9. The van der Waals surface area contributed by atoms with Crippen LogP contribution < -0.4 is 5.32 Å². The molecule has 0 aromatic heterocycles. The number of carboxylic acids is 1. The van der Waals surface area contributed by atoms with Gasteiger partial charge in [0.2, 0.25) is 5.91 Å². The highest BCUT2D eigenvalue weighted by molar-refractivity contribution is 5.89. The molecule has 7 nitrogen and oxygen atoms in total. The first-order valence-corrected chi connectivity index (χ1v) is 9.03. The van der Waals surface area contributed by atoms with E-state index in [1.54, 1.807) is 0 Å². The van der Waals surface area contributed by atoms with Crippen LogP contribution in [0.15, 0.2) is 54.6 Å². The van der Waals surface area contributed by atoms with Crippen LogP contribution in [0.2, 0.25) is 0 Å². The Labute approximate surface area is 162 Å². The third kappa shape index (κ3) is 4.49. The van der Waals surface area contributed by atoms with E-state index in [4.69, 9.17) is 9.84 Å². The van der Waals surface area contributed by atoms with Crippen molar-refractivity contribution in [2.75, 3.05) is 0 Å². The number of carbonyl (C=O) groups excluding carboxylic acids is 2. The van der Waals surface area contributed by atoms with Crippen molar-refractivity contribution in [2.45, 2.75) is 38.6 Å². The van der Waals surface area contributed by atoms with Gasteiger partial charge >= 0.3 is 12.1 Å². The summed E-state index contributed by atoms with van der Waals surface area (Å²) in [4.78, 5) is 37.8. The number of rotatable bonds is 5. The molecule has 0 fully saturated rings. The van der Waals surface area contributed by atoms with E-state index in [1.807, 2.05) is 54.6 Å². The Bertz CT molecular complexity index is 868. The lowest BCUT2D eigenvalue weighted by molar-refractivity contribution is -0.142. The third-order valence-electron chi connectivity index (χ3n) is 4.72. The molecule has 2 atom stereocenters. The summed E-state index contributed by atoms with van der Waals surface area (Å²) in [6.45, 7) is 1.70. The minimum absolute atomic E-state index is 0.0949. The van der Waals surface area contributed by atoms with Gasteiger partial charge in [-0.25, -0.2) is 4.79 Å². The zero-order valence-electron chi connectivity index (χ0n) is 15.5. The fourth-order valence-electron chi connectivity index (χ4n) is 3.12. The van der Waals surface area contributed by atoms with Gasteiger partial charge in [0.25, 0.3) is 0 Å². The number of amides is 2. The van der Waals surface area contributed by atoms with Crippen LogP contribution in [0, 0.1) is 0 Å². The maximum absolute atomic E-state index is 12.7. The van der Waals surface area contributed by atoms with Gasteiger partial charge in [-0.3, -0.25) is 14.5 Å². The minimum Gasteiger partial charge on any atom is -0.480 e. The van der Waals surface area contributed by atoms with Gasteiger partial charge < -0.3 is 15.2 Å². The largest absolute Gasteiger partial charge is 0.480 e. The molecule has 0 radical (unpaired) electrons. The molecule has 0 bridgehead atoms. The van der Waals surface area contributed by atoms with E-state index < -0.39 is 30.1 Å². The van der Waals surface area contributed by atoms with Crippen LogP contribution in [0.4, 0.5) is 4.79 Å². The van der Waals surface area contributed by atoms with E-state index in [2.05, 4.69) is 5.32 Å². The first kappa shape index (κ1) is 19.4. The van der Waals surface area contributed by atoms with Crippen LogP contribution in [0.25, 0.3) is 0 Å². The Balaban J connectivity index is 1.77. The van der Waals surface area contributed by atoms with Crippen LogP contribution in [-0.4, -0.2) is 40.1 Å². The summed E-state index contributed by atoms with van der Waals surface area (Å²) in [5, 5.41) is 11.5. The van der Waals surface area contributed by atoms with Crippen molar-refractivity contribution < 1.29 is 24.2 Å². The van der Waals surface area contributed by atoms with Crippen molar-refractivity contribution in [1.82, 2.24) is 10.2 Å². The maximum Gasteiger partial charge on any atom is 0.411 e. The number of hydrogen-bond acceptors (Lipinski definition) is 4. The lowest BCUT2D eigenvalue weighted by atomic mass is 9.93. The van der Waals surface area contributed by atoms with Crippen molar-refractivity contribution in [2.24, 2.45) is 0 Å². The fraction of sp³-hybridized carbons (Fsp3) is 0.286. The number of carboxylic acid groups (broad SMARTS) is 1. The molecule has 2 aromatic rings. The van der Waals surface area contributed by atoms with Gasteiger partial charge in [-0.1, -0.05) is 54.6 Å². The Morgan fingerprint density at radius 2 is 1.75 bits per heavy atom. The normalized spacial score (nSPS) is 16.6. The summed E-state index contributed by atoms with van der Waals surface area (Å²) in [5.74, 6) is -1.65. The predicted molar refractivity (Wildman–Crippen MR) is 101 cm³/mol. The second-order valence-corrected chi connectivity index (χ2v) is 6.73. The molecule has 7 heteroatoms. The quantitative estimate of drug-likeness (QED) is 0.828. The number of hydrogen-bond donors (Lipinski definition) is 2.